The Balaban J connectivity index is 2.92. The Kier molecular flexibility index (Phi) is 7.65. The highest BCUT2D eigenvalue weighted by atomic mass is 35.5. The first-order valence-electron chi connectivity index (χ1n) is 7.73. The van der Waals surface area contributed by atoms with Gasteiger partial charge in [0.15, 0.2) is 11.5 Å². The van der Waals surface area contributed by atoms with E-state index in [9.17, 15) is 9.90 Å². The summed E-state index contributed by atoms with van der Waals surface area (Å²) >= 11 is 6.24. The molecular formula is C17H26ClNO4. The lowest BCUT2D eigenvalue weighted by Gasteiger charge is -2.18. The zero-order valence-corrected chi connectivity index (χ0v) is 15.1. The first kappa shape index (κ1) is 19.6. The van der Waals surface area contributed by atoms with Crippen LogP contribution in [-0.4, -0.2) is 36.9 Å². The summed E-state index contributed by atoms with van der Waals surface area (Å²) in [4.78, 5) is 12.3. The summed E-state index contributed by atoms with van der Waals surface area (Å²) in [7, 11) is 1.51. The quantitative estimate of drug-likeness (QED) is 0.760. The normalized spacial score (nSPS) is 13.6. The molecule has 0 bridgehead atoms. The van der Waals surface area contributed by atoms with Crippen LogP contribution in [-0.2, 0) is 0 Å². The van der Waals surface area contributed by atoms with Gasteiger partial charge in [-0.1, -0.05) is 25.4 Å². The smallest absolute Gasteiger partial charge is 0.251 e. The van der Waals surface area contributed by atoms with Gasteiger partial charge in [0.05, 0.1) is 24.8 Å². The average molecular weight is 344 g/mol. The third-order valence-corrected chi connectivity index (χ3v) is 3.41. The number of halogens is 1. The van der Waals surface area contributed by atoms with Crippen LogP contribution < -0.4 is 14.8 Å². The van der Waals surface area contributed by atoms with Crippen molar-refractivity contribution in [2.75, 3.05) is 13.7 Å². The molecule has 1 rings (SSSR count). The van der Waals surface area contributed by atoms with Crippen LogP contribution in [0.4, 0.5) is 0 Å². The molecule has 0 spiro atoms. The monoisotopic (exact) mass is 343 g/mol. The van der Waals surface area contributed by atoms with E-state index in [0.717, 1.165) is 0 Å². The van der Waals surface area contributed by atoms with Crippen LogP contribution in [0.5, 0.6) is 11.5 Å². The van der Waals surface area contributed by atoms with Crippen molar-refractivity contribution in [3.63, 3.8) is 0 Å². The molecular weight excluding hydrogens is 318 g/mol. The Morgan fingerprint density at radius 1 is 1.30 bits per heavy atom. The van der Waals surface area contributed by atoms with E-state index in [1.54, 1.807) is 19.1 Å². The number of carbonyl (C=O) groups excluding carboxylic acids is 1. The number of aliphatic hydroxyl groups is 1. The van der Waals surface area contributed by atoms with Gasteiger partial charge in [-0.3, -0.25) is 4.79 Å². The van der Waals surface area contributed by atoms with Gasteiger partial charge in [0, 0.05) is 11.6 Å². The summed E-state index contributed by atoms with van der Waals surface area (Å²) in [5, 5.41) is 12.5. The molecule has 0 aliphatic carbocycles. The molecule has 2 unspecified atom stereocenters. The van der Waals surface area contributed by atoms with E-state index in [0.29, 0.717) is 41.0 Å². The molecule has 0 aromatic heterocycles. The first-order valence-corrected chi connectivity index (χ1v) is 8.11. The highest BCUT2D eigenvalue weighted by Crippen LogP contribution is 2.36. The molecule has 0 aliphatic rings. The third-order valence-electron chi connectivity index (χ3n) is 3.12. The van der Waals surface area contributed by atoms with E-state index in [2.05, 4.69) is 5.32 Å². The molecule has 0 saturated carbocycles. The standard InChI is InChI=1S/C17H26ClNO4/c1-10(2)9-23-16-14(18)7-13(8-15(16)22-5)17(21)19-11(3)6-12(4)20/h7-8,10-12,20H,6,9H2,1-5H3,(H,19,21). The molecule has 1 aromatic carbocycles. The van der Waals surface area contributed by atoms with E-state index < -0.39 is 6.10 Å². The highest BCUT2D eigenvalue weighted by Gasteiger charge is 2.18. The molecule has 0 radical (unpaired) electrons. The second kappa shape index (κ2) is 8.99. The minimum atomic E-state index is -0.477. The SMILES string of the molecule is COc1cc(C(=O)NC(C)CC(C)O)cc(Cl)c1OCC(C)C. The lowest BCUT2D eigenvalue weighted by atomic mass is 10.1. The maximum absolute atomic E-state index is 12.3. The second-order valence-corrected chi connectivity index (χ2v) is 6.56. The number of nitrogens with one attached hydrogen (secondary N) is 1. The number of amides is 1. The zero-order chi connectivity index (χ0) is 17.6. The van der Waals surface area contributed by atoms with Crippen LogP contribution in [0.25, 0.3) is 0 Å². The average Bonchev–Trinajstić information content (AvgIpc) is 2.43. The Morgan fingerprint density at radius 3 is 2.48 bits per heavy atom. The molecule has 1 aromatic rings. The van der Waals surface area contributed by atoms with Crippen LogP contribution in [0.1, 0.15) is 44.5 Å². The van der Waals surface area contributed by atoms with Crippen molar-refractivity contribution in [3.8, 4) is 11.5 Å². The number of methoxy groups -OCH3 is 1. The predicted octanol–water partition coefficient (Wildman–Crippen LogP) is 3.27. The van der Waals surface area contributed by atoms with Gasteiger partial charge >= 0.3 is 0 Å². The molecule has 1 amide bonds. The van der Waals surface area contributed by atoms with Gasteiger partial charge in [-0.2, -0.15) is 0 Å². The van der Waals surface area contributed by atoms with Crippen LogP contribution in [0.3, 0.4) is 0 Å². The fraction of sp³-hybridized carbons (Fsp3) is 0.588. The van der Waals surface area contributed by atoms with Crippen molar-refractivity contribution in [3.05, 3.63) is 22.7 Å². The van der Waals surface area contributed by atoms with E-state index in [-0.39, 0.29) is 11.9 Å². The van der Waals surface area contributed by atoms with Crippen LogP contribution >= 0.6 is 11.6 Å². The van der Waals surface area contributed by atoms with E-state index in [1.807, 2.05) is 20.8 Å². The Hall–Kier alpha value is -1.46. The zero-order valence-electron chi connectivity index (χ0n) is 14.4. The van der Waals surface area contributed by atoms with Crippen molar-refractivity contribution in [2.24, 2.45) is 5.92 Å². The largest absolute Gasteiger partial charge is 0.493 e. The van der Waals surface area contributed by atoms with Crippen molar-refractivity contribution >= 4 is 17.5 Å². The molecule has 6 heteroatoms. The predicted molar refractivity (Wildman–Crippen MR) is 91.6 cm³/mol. The topological polar surface area (TPSA) is 67.8 Å². The summed E-state index contributed by atoms with van der Waals surface area (Å²) in [6, 6.07) is 3.01. The molecule has 0 aliphatic heterocycles. The number of hydrogen-bond donors (Lipinski definition) is 2. The van der Waals surface area contributed by atoms with Gasteiger partial charge in [-0.05, 0) is 38.3 Å². The van der Waals surface area contributed by atoms with Gasteiger partial charge in [-0.25, -0.2) is 0 Å². The van der Waals surface area contributed by atoms with Crippen LogP contribution in [0.15, 0.2) is 12.1 Å². The van der Waals surface area contributed by atoms with Crippen LogP contribution in [0.2, 0.25) is 5.02 Å². The Bertz CT molecular complexity index is 532. The molecule has 0 heterocycles. The molecule has 0 saturated heterocycles. The van der Waals surface area contributed by atoms with Crippen molar-refractivity contribution < 1.29 is 19.4 Å². The third kappa shape index (κ3) is 6.28. The fourth-order valence-electron chi connectivity index (χ4n) is 2.12. The number of carbonyl (C=O) groups is 1. The number of ether oxygens (including phenoxy) is 2. The molecule has 130 valence electrons. The summed E-state index contributed by atoms with van der Waals surface area (Å²) in [6.07, 6.45) is 0.00173. The molecule has 0 fully saturated rings. The maximum atomic E-state index is 12.3. The summed E-state index contributed by atoms with van der Waals surface area (Å²) in [5.74, 6) is 0.941. The fourth-order valence-corrected chi connectivity index (χ4v) is 2.38. The minimum absolute atomic E-state index is 0.149. The molecule has 2 N–H and O–H groups in total. The number of aliphatic hydroxyl groups excluding tert-OH is 1. The van der Waals surface area contributed by atoms with Crippen molar-refractivity contribution in [1.82, 2.24) is 5.32 Å². The van der Waals surface area contributed by atoms with E-state index >= 15 is 0 Å². The minimum Gasteiger partial charge on any atom is -0.493 e. The first-order chi connectivity index (χ1) is 10.7. The molecule has 5 nitrogen and oxygen atoms in total. The Labute approximate surface area is 142 Å². The van der Waals surface area contributed by atoms with Crippen LogP contribution in [0, 0.1) is 5.92 Å². The lowest BCUT2D eigenvalue weighted by molar-refractivity contribution is 0.0922. The van der Waals surface area contributed by atoms with Crippen molar-refractivity contribution in [1.29, 1.82) is 0 Å². The van der Waals surface area contributed by atoms with Gasteiger partial charge in [0.2, 0.25) is 0 Å². The second-order valence-electron chi connectivity index (χ2n) is 6.15. The van der Waals surface area contributed by atoms with Gasteiger partial charge in [0.1, 0.15) is 0 Å². The summed E-state index contributed by atoms with van der Waals surface area (Å²) in [5.41, 5.74) is 0.390. The van der Waals surface area contributed by atoms with Gasteiger partial charge in [-0.15, -0.1) is 0 Å². The van der Waals surface area contributed by atoms with E-state index in [4.69, 9.17) is 21.1 Å². The highest BCUT2D eigenvalue weighted by molar-refractivity contribution is 6.32. The van der Waals surface area contributed by atoms with Crippen molar-refractivity contribution in [2.45, 2.75) is 46.3 Å². The van der Waals surface area contributed by atoms with Gasteiger partial charge < -0.3 is 19.9 Å². The summed E-state index contributed by atoms with van der Waals surface area (Å²) in [6.45, 7) is 8.09. The Morgan fingerprint density at radius 2 is 1.96 bits per heavy atom. The number of benzene rings is 1. The number of hydrogen-bond acceptors (Lipinski definition) is 4. The number of rotatable bonds is 8. The molecule has 2 atom stereocenters. The van der Waals surface area contributed by atoms with E-state index in [1.165, 1.54) is 7.11 Å². The maximum Gasteiger partial charge on any atom is 0.251 e. The van der Waals surface area contributed by atoms with Gasteiger partial charge in [0.25, 0.3) is 5.91 Å². The lowest BCUT2D eigenvalue weighted by Crippen LogP contribution is -2.34. The molecule has 23 heavy (non-hydrogen) atoms. The summed E-state index contributed by atoms with van der Waals surface area (Å²) < 4.78 is 11.0.